The minimum Gasteiger partial charge on any atom is -0.320 e. The summed E-state index contributed by atoms with van der Waals surface area (Å²) >= 11 is 0. The zero-order chi connectivity index (χ0) is 24.6. The van der Waals surface area contributed by atoms with Gasteiger partial charge < -0.3 is 5.32 Å². The predicted octanol–water partition coefficient (Wildman–Crippen LogP) is 6.41. The van der Waals surface area contributed by atoms with Crippen LogP contribution in [0.2, 0.25) is 0 Å². The van der Waals surface area contributed by atoms with Crippen molar-refractivity contribution in [1.29, 1.82) is 0 Å². The zero-order valence-corrected chi connectivity index (χ0v) is 17.9. The van der Waals surface area contributed by atoms with Crippen LogP contribution in [0.5, 0.6) is 0 Å². The highest BCUT2D eigenvalue weighted by Crippen LogP contribution is 2.47. The molecule has 1 N–H and O–H groups in total. The fourth-order valence-electron chi connectivity index (χ4n) is 4.34. The van der Waals surface area contributed by atoms with Gasteiger partial charge in [0, 0.05) is 42.3 Å². The average Bonchev–Trinajstić information content (AvgIpc) is 3.26. The predicted molar refractivity (Wildman–Crippen MR) is 112 cm³/mol. The number of hydrogen-bond donors (Lipinski definition) is 1. The Kier molecular flexibility index (Phi) is 6.37. The Morgan fingerprint density at radius 1 is 1.21 bits per heavy atom. The Bertz CT molecular complexity index is 1210. The molecule has 1 amide bonds. The van der Waals surface area contributed by atoms with Crippen molar-refractivity contribution in [2.45, 2.75) is 44.6 Å². The van der Waals surface area contributed by atoms with E-state index in [0.717, 1.165) is 30.6 Å². The van der Waals surface area contributed by atoms with Gasteiger partial charge in [0.05, 0.1) is 23.1 Å². The van der Waals surface area contributed by atoms with Gasteiger partial charge in [-0.05, 0) is 36.6 Å². The minimum absolute atomic E-state index is 0.00358. The van der Waals surface area contributed by atoms with Gasteiger partial charge in [-0.3, -0.25) is 9.78 Å². The molecule has 34 heavy (non-hydrogen) atoms. The van der Waals surface area contributed by atoms with Gasteiger partial charge in [0.1, 0.15) is 11.6 Å². The van der Waals surface area contributed by atoms with Crippen molar-refractivity contribution >= 4 is 11.6 Å². The van der Waals surface area contributed by atoms with E-state index in [1.165, 1.54) is 12.3 Å². The SMILES string of the molecule is CC1CC(F)(F)CCC1c1nccc(-c2cc(F)ccc2F)c1NC(=O)c1cnn(C(F)F)c1. The van der Waals surface area contributed by atoms with E-state index in [2.05, 4.69) is 15.4 Å². The second-order valence-electron chi connectivity index (χ2n) is 8.37. The summed E-state index contributed by atoms with van der Waals surface area (Å²) < 4.78 is 82.5. The van der Waals surface area contributed by atoms with Crippen LogP contribution in [0.1, 0.15) is 54.7 Å². The molecule has 0 radical (unpaired) electrons. The first kappa shape index (κ1) is 23.8. The third-order valence-corrected chi connectivity index (χ3v) is 5.98. The summed E-state index contributed by atoms with van der Waals surface area (Å²) in [6, 6.07) is 4.16. The Morgan fingerprint density at radius 2 is 1.97 bits per heavy atom. The molecule has 0 aliphatic heterocycles. The van der Waals surface area contributed by atoms with E-state index in [4.69, 9.17) is 0 Å². The Morgan fingerprint density at radius 3 is 2.65 bits per heavy atom. The third-order valence-electron chi connectivity index (χ3n) is 5.98. The second-order valence-corrected chi connectivity index (χ2v) is 8.37. The zero-order valence-electron chi connectivity index (χ0n) is 17.9. The van der Waals surface area contributed by atoms with Crippen LogP contribution in [0.15, 0.2) is 42.9 Å². The molecule has 2 heterocycles. The Labute approximate surface area is 190 Å². The quantitative estimate of drug-likeness (QED) is 0.428. The lowest BCUT2D eigenvalue weighted by Gasteiger charge is -2.34. The molecule has 0 spiro atoms. The Hall–Kier alpha value is -3.37. The lowest BCUT2D eigenvalue weighted by Crippen LogP contribution is -2.31. The summed E-state index contributed by atoms with van der Waals surface area (Å²) in [6.45, 7) is -1.33. The van der Waals surface area contributed by atoms with Crippen molar-refractivity contribution in [1.82, 2.24) is 14.8 Å². The van der Waals surface area contributed by atoms with Gasteiger partial charge in [-0.1, -0.05) is 6.92 Å². The summed E-state index contributed by atoms with van der Waals surface area (Å²) in [5.74, 6) is -6.21. The number of benzene rings is 1. The van der Waals surface area contributed by atoms with E-state index in [0.29, 0.717) is 0 Å². The summed E-state index contributed by atoms with van der Waals surface area (Å²) in [5.41, 5.74) is -0.0521. The monoisotopic (exact) mass is 482 g/mol. The molecule has 0 bridgehead atoms. The summed E-state index contributed by atoms with van der Waals surface area (Å²) in [4.78, 5) is 17.2. The first-order chi connectivity index (χ1) is 16.1. The number of carbonyl (C=O) groups excluding carboxylic acids is 1. The lowest BCUT2D eigenvalue weighted by atomic mass is 9.75. The number of aromatic nitrogens is 3. The number of amides is 1. The summed E-state index contributed by atoms with van der Waals surface area (Å²) in [6.07, 6.45) is 2.37. The third kappa shape index (κ3) is 4.78. The van der Waals surface area contributed by atoms with Gasteiger partial charge in [-0.15, -0.1) is 0 Å². The average molecular weight is 482 g/mol. The summed E-state index contributed by atoms with van der Waals surface area (Å²) in [7, 11) is 0. The molecule has 180 valence electrons. The van der Waals surface area contributed by atoms with Gasteiger partial charge in [0.25, 0.3) is 5.91 Å². The van der Waals surface area contributed by atoms with Gasteiger partial charge in [0.15, 0.2) is 0 Å². The van der Waals surface area contributed by atoms with Gasteiger partial charge in [-0.2, -0.15) is 13.9 Å². The molecule has 1 aliphatic carbocycles. The van der Waals surface area contributed by atoms with E-state index in [1.54, 1.807) is 6.92 Å². The van der Waals surface area contributed by atoms with Crippen molar-refractivity contribution in [3.63, 3.8) is 0 Å². The number of hydrogen-bond acceptors (Lipinski definition) is 3. The largest absolute Gasteiger partial charge is 0.333 e. The lowest BCUT2D eigenvalue weighted by molar-refractivity contribution is -0.0558. The molecule has 11 heteroatoms. The van der Waals surface area contributed by atoms with Crippen LogP contribution in [-0.4, -0.2) is 26.6 Å². The number of anilines is 1. The first-order valence-electron chi connectivity index (χ1n) is 10.5. The van der Waals surface area contributed by atoms with Crippen molar-refractivity contribution in [2.75, 3.05) is 5.32 Å². The van der Waals surface area contributed by atoms with Crippen LogP contribution < -0.4 is 5.32 Å². The number of rotatable bonds is 5. The number of alkyl halides is 4. The van der Waals surface area contributed by atoms with E-state index >= 15 is 0 Å². The Balaban J connectivity index is 1.80. The standard InChI is InChI=1S/C23H20F6N4O/c1-12-9-23(28,29)6-4-15(12)19-20(32-21(34)13-10-31-33(11-13)22(26)27)16(5-7-30-19)17-8-14(24)2-3-18(17)25/h2-3,5,7-8,10-12,15,22H,4,6,9H2,1H3,(H,32,34). The molecule has 1 saturated carbocycles. The molecular weight excluding hydrogens is 462 g/mol. The molecule has 1 fully saturated rings. The molecule has 2 aromatic heterocycles. The first-order valence-corrected chi connectivity index (χ1v) is 10.5. The number of pyridine rings is 1. The van der Waals surface area contributed by atoms with Crippen molar-refractivity contribution in [3.8, 4) is 11.1 Å². The number of halogens is 6. The highest BCUT2D eigenvalue weighted by molar-refractivity contribution is 6.06. The van der Waals surface area contributed by atoms with Crippen LogP contribution in [0.4, 0.5) is 32.0 Å². The molecule has 2 unspecified atom stereocenters. The molecule has 1 aromatic carbocycles. The van der Waals surface area contributed by atoms with E-state index < -0.39 is 54.7 Å². The molecule has 0 saturated heterocycles. The molecule has 3 aromatic rings. The number of carbonyl (C=O) groups is 1. The highest BCUT2D eigenvalue weighted by atomic mass is 19.3. The fourth-order valence-corrected chi connectivity index (χ4v) is 4.34. The molecule has 4 rings (SSSR count). The molecule has 1 aliphatic rings. The second kappa shape index (κ2) is 9.11. The van der Waals surface area contributed by atoms with E-state index in [1.807, 2.05) is 0 Å². The van der Waals surface area contributed by atoms with Crippen LogP contribution in [0.25, 0.3) is 11.1 Å². The van der Waals surface area contributed by atoms with Crippen molar-refractivity contribution < 1.29 is 31.1 Å². The highest BCUT2D eigenvalue weighted by Gasteiger charge is 2.41. The maximum absolute atomic E-state index is 14.6. The smallest absolute Gasteiger partial charge is 0.320 e. The number of nitrogens with zero attached hydrogens (tertiary/aromatic N) is 3. The maximum atomic E-state index is 14.6. The minimum atomic E-state index is -2.96. The van der Waals surface area contributed by atoms with Crippen LogP contribution >= 0.6 is 0 Å². The fraction of sp³-hybridized carbons (Fsp3) is 0.348. The van der Waals surface area contributed by atoms with Gasteiger partial charge in [0.2, 0.25) is 5.92 Å². The van der Waals surface area contributed by atoms with Gasteiger partial charge >= 0.3 is 6.55 Å². The van der Waals surface area contributed by atoms with Crippen molar-refractivity contribution in [2.24, 2.45) is 5.92 Å². The molecule has 5 nitrogen and oxygen atoms in total. The van der Waals surface area contributed by atoms with Crippen LogP contribution in [0.3, 0.4) is 0 Å². The van der Waals surface area contributed by atoms with Crippen molar-refractivity contribution in [3.05, 3.63) is 65.7 Å². The molecule has 2 atom stereocenters. The van der Waals surface area contributed by atoms with E-state index in [-0.39, 0.29) is 39.2 Å². The molecular formula is C23H20F6N4O. The maximum Gasteiger partial charge on any atom is 0.333 e. The van der Waals surface area contributed by atoms with Crippen LogP contribution in [0, 0.1) is 17.6 Å². The van der Waals surface area contributed by atoms with E-state index in [9.17, 15) is 31.1 Å². The van der Waals surface area contributed by atoms with Crippen LogP contribution in [-0.2, 0) is 0 Å². The summed E-state index contributed by atoms with van der Waals surface area (Å²) in [5, 5.41) is 5.98. The topological polar surface area (TPSA) is 59.8 Å². The normalized spacial score (nSPS) is 19.9. The number of nitrogens with one attached hydrogen (secondary N) is 1. The van der Waals surface area contributed by atoms with Gasteiger partial charge in [-0.25, -0.2) is 22.2 Å².